The summed E-state index contributed by atoms with van der Waals surface area (Å²) < 4.78 is 41.8. The summed E-state index contributed by atoms with van der Waals surface area (Å²) in [6.07, 6.45) is 2.24. The lowest BCUT2D eigenvalue weighted by Crippen LogP contribution is -2.41. The normalized spacial score (nSPS) is 16.0. The highest BCUT2D eigenvalue weighted by Crippen LogP contribution is 2.39. The molecule has 6 nitrogen and oxygen atoms in total. The molecular weight excluding hydrogens is 415 g/mol. The number of aromatic nitrogens is 1. The molecule has 0 saturated carbocycles. The first-order chi connectivity index (χ1) is 14.0. The van der Waals surface area contributed by atoms with Gasteiger partial charge in [0.05, 0.1) is 10.7 Å². The fourth-order valence-electron chi connectivity index (χ4n) is 3.05. The predicted octanol–water partition coefficient (Wildman–Crippen LogP) is 3.84. The van der Waals surface area contributed by atoms with Crippen LogP contribution in [0.3, 0.4) is 0 Å². The molecule has 4 rings (SSSR count). The number of sulfonamides is 1. The predicted molar refractivity (Wildman–Crippen MR) is 111 cm³/mol. The highest BCUT2D eigenvalue weighted by Gasteiger charge is 2.29. The molecule has 0 unspecified atom stereocenters. The Morgan fingerprint density at radius 1 is 1.03 bits per heavy atom. The van der Waals surface area contributed by atoms with E-state index >= 15 is 0 Å². The van der Waals surface area contributed by atoms with Crippen LogP contribution in [0.4, 0.5) is 10.1 Å². The van der Waals surface area contributed by atoms with Crippen molar-refractivity contribution in [2.45, 2.75) is 11.3 Å². The van der Waals surface area contributed by atoms with E-state index in [9.17, 15) is 12.8 Å². The number of halogens is 2. The number of benzene rings is 2. The van der Waals surface area contributed by atoms with Crippen molar-refractivity contribution in [2.75, 3.05) is 11.9 Å². The zero-order valence-electron chi connectivity index (χ0n) is 15.1. The second kappa shape index (κ2) is 7.81. The Bertz CT molecular complexity index is 1200. The molecular formula is C20H16ClFN4O2S. The minimum atomic E-state index is -3.84. The van der Waals surface area contributed by atoms with Crippen molar-refractivity contribution in [3.8, 4) is 11.1 Å². The minimum absolute atomic E-state index is 0.0407. The molecule has 0 radical (unpaired) electrons. The van der Waals surface area contributed by atoms with Gasteiger partial charge in [0.1, 0.15) is 10.7 Å². The molecule has 0 bridgehead atoms. The van der Waals surface area contributed by atoms with Crippen LogP contribution in [0.1, 0.15) is 5.69 Å². The average Bonchev–Trinajstić information content (AvgIpc) is 2.70. The monoisotopic (exact) mass is 430 g/mol. The lowest BCUT2D eigenvalue weighted by molar-refractivity contribution is 0.591. The first-order valence-corrected chi connectivity index (χ1v) is 10.6. The number of pyridine rings is 1. The van der Waals surface area contributed by atoms with Crippen LogP contribution in [-0.4, -0.2) is 25.9 Å². The zero-order valence-corrected chi connectivity index (χ0v) is 16.6. The van der Waals surface area contributed by atoms with E-state index in [1.165, 1.54) is 18.2 Å². The van der Waals surface area contributed by atoms with Gasteiger partial charge in [0.15, 0.2) is 0 Å². The maximum atomic E-state index is 13.9. The zero-order chi connectivity index (χ0) is 20.4. The van der Waals surface area contributed by atoms with E-state index in [1.807, 2.05) is 18.2 Å². The number of aliphatic imine (C=N–C) groups is 1. The van der Waals surface area contributed by atoms with Crippen LogP contribution in [0.25, 0.3) is 11.1 Å². The standard InChI is InChI=1S/C20H16ClFN4O2S/c21-18-14(6-3-8-16(18)22)15-7-4-9-17-19(15)25-20(26-29(17,27)28)24-12-10-13-5-1-2-11-23-13/h1-9,11H,10,12H2,(H2,24,25,26). The van der Waals surface area contributed by atoms with E-state index in [4.69, 9.17) is 11.6 Å². The second-order valence-electron chi connectivity index (χ2n) is 6.31. The van der Waals surface area contributed by atoms with E-state index in [0.717, 1.165) is 5.69 Å². The van der Waals surface area contributed by atoms with Gasteiger partial charge in [0, 0.05) is 36.0 Å². The van der Waals surface area contributed by atoms with Gasteiger partial charge in [-0.05, 0) is 24.3 Å². The molecule has 148 valence electrons. The van der Waals surface area contributed by atoms with E-state index in [-0.39, 0.29) is 15.9 Å². The van der Waals surface area contributed by atoms with Gasteiger partial charge >= 0.3 is 0 Å². The summed E-state index contributed by atoms with van der Waals surface area (Å²) in [6.45, 7) is 0.333. The Morgan fingerprint density at radius 3 is 2.62 bits per heavy atom. The van der Waals surface area contributed by atoms with E-state index < -0.39 is 15.8 Å². The van der Waals surface area contributed by atoms with Crippen LogP contribution in [0.5, 0.6) is 0 Å². The van der Waals surface area contributed by atoms with Crippen molar-refractivity contribution < 1.29 is 12.8 Å². The van der Waals surface area contributed by atoms with Gasteiger partial charge in [0.2, 0.25) is 5.96 Å². The van der Waals surface area contributed by atoms with Crippen LogP contribution >= 0.6 is 11.6 Å². The maximum Gasteiger partial charge on any atom is 0.266 e. The van der Waals surface area contributed by atoms with E-state index in [2.05, 4.69) is 20.0 Å². The van der Waals surface area contributed by atoms with Gasteiger partial charge < -0.3 is 5.32 Å². The number of hydrogen-bond donors (Lipinski definition) is 2. The number of para-hydroxylation sites is 1. The summed E-state index contributed by atoms with van der Waals surface area (Å²) in [5.74, 6) is -0.490. The molecule has 0 aliphatic carbocycles. The highest BCUT2D eigenvalue weighted by atomic mass is 35.5. The van der Waals surface area contributed by atoms with E-state index in [0.29, 0.717) is 29.8 Å². The fourth-order valence-corrected chi connectivity index (χ4v) is 4.44. The summed E-state index contributed by atoms with van der Waals surface area (Å²) in [6, 6.07) is 14.7. The number of rotatable bonds is 4. The van der Waals surface area contributed by atoms with Gasteiger partial charge in [0.25, 0.3) is 10.0 Å². The van der Waals surface area contributed by atoms with Crippen molar-refractivity contribution in [2.24, 2.45) is 4.99 Å². The Labute approximate surface area is 172 Å². The molecule has 2 heterocycles. The van der Waals surface area contributed by atoms with Crippen LogP contribution < -0.4 is 10.0 Å². The first kappa shape index (κ1) is 19.4. The maximum absolute atomic E-state index is 13.9. The van der Waals surface area contributed by atoms with Gasteiger partial charge in [-0.2, -0.15) is 0 Å². The summed E-state index contributed by atoms with van der Waals surface area (Å²) >= 11 is 6.12. The third-order valence-electron chi connectivity index (χ3n) is 4.40. The molecule has 1 aromatic heterocycles. The summed E-state index contributed by atoms with van der Waals surface area (Å²) in [4.78, 5) is 8.58. The number of anilines is 1. The first-order valence-electron chi connectivity index (χ1n) is 8.77. The fraction of sp³-hybridized carbons (Fsp3) is 0.100. The Balaban J connectivity index is 1.70. The molecule has 0 atom stereocenters. The molecule has 0 saturated heterocycles. The number of hydrogen-bond acceptors (Lipinski definition) is 4. The molecule has 2 N–H and O–H groups in total. The highest BCUT2D eigenvalue weighted by molar-refractivity contribution is 7.90. The summed E-state index contributed by atoms with van der Waals surface area (Å²) in [5, 5.41) is 2.93. The third kappa shape index (κ3) is 3.94. The number of nitrogens with zero attached hydrogens (tertiary/aromatic N) is 2. The molecule has 0 spiro atoms. The molecule has 1 aliphatic heterocycles. The van der Waals surface area contributed by atoms with Gasteiger partial charge in [-0.3, -0.25) is 9.98 Å². The molecule has 1 aliphatic rings. The van der Waals surface area contributed by atoms with Crippen LogP contribution in [0.2, 0.25) is 5.02 Å². The van der Waals surface area contributed by atoms with Crippen LogP contribution in [-0.2, 0) is 16.4 Å². The van der Waals surface area contributed by atoms with Crippen molar-refractivity contribution in [3.63, 3.8) is 0 Å². The van der Waals surface area contributed by atoms with Gasteiger partial charge in [-0.15, -0.1) is 0 Å². The molecule has 29 heavy (non-hydrogen) atoms. The third-order valence-corrected chi connectivity index (χ3v) is 6.16. The van der Waals surface area contributed by atoms with Gasteiger partial charge in [-0.1, -0.05) is 41.9 Å². The Kier molecular flexibility index (Phi) is 5.21. The van der Waals surface area contributed by atoms with Crippen LogP contribution in [0, 0.1) is 5.82 Å². The van der Waals surface area contributed by atoms with Crippen LogP contribution in [0.15, 0.2) is 70.7 Å². The Hall–Kier alpha value is -2.97. The molecule has 0 amide bonds. The quantitative estimate of drug-likeness (QED) is 0.658. The molecule has 0 fully saturated rings. The number of nitrogens with one attached hydrogen (secondary N) is 2. The second-order valence-corrected chi connectivity index (χ2v) is 8.34. The number of fused-ring (bicyclic) bond motifs is 1. The van der Waals surface area contributed by atoms with Gasteiger partial charge in [-0.25, -0.2) is 17.5 Å². The van der Waals surface area contributed by atoms with Crippen molar-refractivity contribution in [3.05, 3.63) is 77.3 Å². The molecule has 3 aromatic rings. The average molecular weight is 431 g/mol. The lowest BCUT2D eigenvalue weighted by Gasteiger charge is -2.24. The Morgan fingerprint density at radius 2 is 1.83 bits per heavy atom. The summed E-state index contributed by atoms with van der Waals surface area (Å²) in [5.41, 5.74) is 2.01. The van der Waals surface area contributed by atoms with Crippen molar-refractivity contribution in [1.29, 1.82) is 0 Å². The van der Waals surface area contributed by atoms with Crippen molar-refractivity contribution >= 4 is 33.3 Å². The molecule has 9 heteroatoms. The van der Waals surface area contributed by atoms with E-state index in [1.54, 1.807) is 24.4 Å². The summed E-state index contributed by atoms with van der Waals surface area (Å²) in [7, 11) is -3.84. The lowest BCUT2D eigenvalue weighted by atomic mass is 10.0. The minimum Gasteiger partial charge on any atom is -0.324 e. The molecule has 2 aromatic carbocycles. The van der Waals surface area contributed by atoms with Crippen molar-refractivity contribution in [1.82, 2.24) is 9.71 Å². The number of guanidine groups is 1. The smallest absolute Gasteiger partial charge is 0.266 e. The SMILES string of the molecule is O=S1(=O)NC(=NCCc2ccccn2)Nc2c(-c3cccc(F)c3Cl)cccc21. The topological polar surface area (TPSA) is 83.5 Å². The largest absolute Gasteiger partial charge is 0.324 e.